The van der Waals surface area contributed by atoms with Gasteiger partial charge in [-0.25, -0.2) is 4.79 Å². The quantitative estimate of drug-likeness (QED) is 0.538. The van der Waals surface area contributed by atoms with Crippen LogP contribution in [0.3, 0.4) is 0 Å². The number of aliphatic hydroxyl groups excluding tert-OH is 1. The molecule has 1 saturated heterocycles. The van der Waals surface area contributed by atoms with Crippen LogP contribution in [0.4, 0.5) is 11.5 Å². The third-order valence-corrected chi connectivity index (χ3v) is 3.92. The van der Waals surface area contributed by atoms with Crippen LogP contribution in [0.15, 0.2) is 26.6 Å². The van der Waals surface area contributed by atoms with Gasteiger partial charge in [0.15, 0.2) is 5.75 Å². The van der Waals surface area contributed by atoms with Gasteiger partial charge in [0.05, 0.1) is 13.2 Å². The van der Waals surface area contributed by atoms with Crippen molar-refractivity contribution >= 4 is 11.5 Å². The number of anilines is 2. The lowest BCUT2D eigenvalue weighted by Crippen LogP contribution is -2.38. The zero-order valence-corrected chi connectivity index (χ0v) is 12.8. The van der Waals surface area contributed by atoms with Crippen LogP contribution < -0.4 is 32.3 Å². The molecule has 0 unspecified atom stereocenters. The topological polar surface area (TPSA) is 146 Å². The van der Waals surface area contributed by atoms with E-state index in [9.17, 15) is 19.5 Å². The molecule has 0 saturated carbocycles. The molecular formula is C14H16N4O6. The van der Waals surface area contributed by atoms with E-state index in [2.05, 4.69) is 10.3 Å². The average molecular weight is 336 g/mol. The number of nitrogens with one attached hydrogen (secondary N) is 1. The molecule has 10 heteroatoms. The van der Waals surface area contributed by atoms with Crippen LogP contribution in [0.1, 0.15) is 12.6 Å². The van der Waals surface area contributed by atoms with E-state index in [0.29, 0.717) is 0 Å². The van der Waals surface area contributed by atoms with Gasteiger partial charge in [-0.2, -0.15) is 4.98 Å². The maximum Gasteiger partial charge on any atom is 0.351 e. The summed E-state index contributed by atoms with van der Waals surface area (Å²) >= 11 is 0. The van der Waals surface area contributed by atoms with Gasteiger partial charge in [0, 0.05) is 19.2 Å². The van der Waals surface area contributed by atoms with Gasteiger partial charge in [0.2, 0.25) is 0 Å². The van der Waals surface area contributed by atoms with Crippen LogP contribution in [0.5, 0.6) is 5.75 Å². The number of nitrogen functional groups attached to an aromatic ring is 1. The molecule has 2 heterocycles. The van der Waals surface area contributed by atoms with Crippen LogP contribution in [-0.4, -0.2) is 40.5 Å². The molecule has 0 aliphatic carbocycles. The molecule has 2 aromatic rings. The second kappa shape index (κ2) is 6.06. The molecule has 0 amide bonds. The van der Waals surface area contributed by atoms with E-state index in [0.717, 1.165) is 0 Å². The lowest BCUT2D eigenvalue weighted by molar-refractivity contribution is -0.0130. The minimum atomic E-state index is -0.857. The molecule has 0 radical (unpaired) electrons. The summed E-state index contributed by atoms with van der Waals surface area (Å²) in [6.45, 7) is 0.0794. The highest BCUT2D eigenvalue weighted by atomic mass is 16.5. The predicted molar refractivity (Wildman–Crippen MR) is 83.8 cm³/mol. The van der Waals surface area contributed by atoms with Gasteiger partial charge in [-0.05, 0) is 6.07 Å². The van der Waals surface area contributed by atoms with Crippen molar-refractivity contribution in [3.8, 4) is 5.75 Å². The van der Waals surface area contributed by atoms with Crippen molar-refractivity contribution in [3.63, 3.8) is 0 Å². The number of aromatic nitrogens is 2. The number of rotatable bonds is 5. The Morgan fingerprint density at radius 1 is 1.46 bits per heavy atom. The normalized spacial score (nSPS) is 23.5. The number of methoxy groups -OCH3 is 1. The van der Waals surface area contributed by atoms with Crippen LogP contribution in [0.25, 0.3) is 0 Å². The molecule has 0 spiro atoms. The zero-order valence-electron chi connectivity index (χ0n) is 12.8. The number of nitrogens with zero attached hydrogens (tertiary/aromatic N) is 2. The summed E-state index contributed by atoms with van der Waals surface area (Å²) in [6.07, 6.45) is -0.599. The van der Waals surface area contributed by atoms with E-state index < -0.39 is 35.0 Å². The fourth-order valence-electron chi connectivity index (χ4n) is 2.64. The molecule has 1 aliphatic heterocycles. The summed E-state index contributed by atoms with van der Waals surface area (Å²) < 4.78 is 11.7. The van der Waals surface area contributed by atoms with Crippen LogP contribution in [-0.2, 0) is 4.74 Å². The number of aliphatic hydroxyl groups is 1. The molecule has 3 rings (SSSR count). The standard InChI is InChI=1S/C14H16N4O6/c1-23-13-10(11(20)12(13)21)16-5-7-6(19)4-9(24-7)18-3-2-8(15)17-14(18)22/h2-3,6-7,9,16,19H,4-5H2,1H3,(H2,15,17,22)/t6-,7+,9+/m0/s1. The Labute approximate surface area is 135 Å². The van der Waals surface area contributed by atoms with Crippen molar-refractivity contribution < 1.29 is 14.6 Å². The Bertz CT molecular complexity index is 884. The summed E-state index contributed by atoms with van der Waals surface area (Å²) in [5.74, 6) is 0.0585. The number of nitrogens with two attached hydrogens (primary N) is 1. The Balaban J connectivity index is 1.68. The average Bonchev–Trinajstić information content (AvgIpc) is 2.91. The minimum Gasteiger partial charge on any atom is -0.491 e. The van der Waals surface area contributed by atoms with Crippen LogP contribution >= 0.6 is 0 Å². The summed E-state index contributed by atoms with van der Waals surface area (Å²) in [7, 11) is 1.29. The summed E-state index contributed by atoms with van der Waals surface area (Å²) in [5, 5.41) is 12.8. The van der Waals surface area contributed by atoms with Crippen molar-refractivity contribution in [2.45, 2.75) is 24.9 Å². The van der Waals surface area contributed by atoms with Gasteiger partial charge in [-0.3, -0.25) is 14.2 Å². The Hall–Kier alpha value is -2.72. The Kier molecular flexibility index (Phi) is 4.08. The fraction of sp³-hybridized carbons (Fsp3) is 0.429. The van der Waals surface area contributed by atoms with E-state index in [-0.39, 0.29) is 30.2 Å². The fourth-order valence-corrected chi connectivity index (χ4v) is 2.64. The van der Waals surface area contributed by atoms with E-state index >= 15 is 0 Å². The maximum absolute atomic E-state index is 11.8. The summed E-state index contributed by atoms with van der Waals surface area (Å²) in [4.78, 5) is 38.1. The van der Waals surface area contributed by atoms with Crippen molar-refractivity contribution in [1.29, 1.82) is 0 Å². The SMILES string of the molecule is COc1c(NC[C@H]2O[C@@H](n3ccc(N)nc3=O)C[C@@H]2O)c(=O)c1=O. The van der Waals surface area contributed by atoms with Gasteiger partial charge in [0.25, 0.3) is 10.9 Å². The van der Waals surface area contributed by atoms with Crippen molar-refractivity contribution in [2.24, 2.45) is 0 Å². The van der Waals surface area contributed by atoms with E-state index in [1.54, 1.807) is 0 Å². The molecule has 10 nitrogen and oxygen atoms in total. The first kappa shape index (κ1) is 16.1. The number of ether oxygens (including phenoxy) is 2. The van der Waals surface area contributed by atoms with Crippen LogP contribution in [0.2, 0.25) is 0 Å². The highest BCUT2D eigenvalue weighted by Gasteiger charge is 2.36. The summed E-state index contributed by atoms with van der Waals surface area (Å²) in [6, 6.07) is 1.46. The first-order valence-electron chi connectivity index (χ1n) is 7.21. The van der Waals surface area contributed by atoms with Crippen molar-refractivity contribution in [3.05, 3.63) is 43.2 Å². The Morgan fingerprint density at radius 2 is 2.21 bits per heavy atom. The molecule has 1 fully saturated rings. The van der Waals surface area contributed by atoms with Gasteiger partial charge in [0.1, 0.15) is 23.8 Å². The molecule has 24 heavy (non-hydrogen) atoms. The zero-order chi connectivity index (χ0) is 17.4. The third kappa shape index (κ3) is 2.65. The first-order valence-corrected chi connectivity index (χ1v) is 7.21. The van der Waals surface area contributed by atoms with Crippen molar-refractivity contribution in [2.75, 3.05) is 24.7 Å². The molecule has 1 aromatic carbocycles. The monoisotopic (exact) mass is 336 g/mol. The molecule has 1 aliphatic rings. The smallest absolute Gasteiger partial charge is 0.351 e. The minimum absolute atomic E-state index is 0.0389. The largest absolute Gasteiger partial charge is 0.491 e. The highest BCUT2D eigenvalue weighted by molar-refractivity contribution is 5.61. The molecule has 4 N–H and O–H groups in total. The first-order chi connectivity index (χ1) is 11.4. The van der Waals surface area contributed by atoms with E-state index in [4.69, 9.17) is 15.2 Å². The summed E-state index contributed by atoms with van der Waals surface area (Å²) in [5.41, 5.74) is 3.56. The van der Waals surface area contributed by atoms with Crippen molar-refractivity contribution in [1.82, 2.24) is 9.55 Å². The molecule has 128 valence electrons. The van der Waals surface area contributed by atoms with Gasteiger partial charge >= 0.3 is 5.69 Å². The molecule has 0 bridgehead atoms. The Morgan fingerprint density at radius 3 is 2.88 bits per heavy atom. The molecule has 3 atom stereocenters. The maximum atomic E-state index is 11.8. The second-order valence-electron chi connectivity index (χ2n) is 5.42. The third-order valence-electron chi connectivity index (χ3n) is 3.92. The predicted octanol–water partition coefficient (Wildman–Crippen LogP) is -1.81. The van der Waals surface area contributed by atoms with Gasteiger partial charge in [-0.1, -0.05) is 0 Å². The molecule has 1 aromatic heterocycles. The highest BCUT2D eigenvalue weighted by Crippen LogP contribution is 2.28. The number of hydrogen-bond donors (Lipinski definition) is 3. The van der Waals surface area contributed by atoms with E-state index in [1.165, 1.54) is 23.9 Å². The second-order valence-corrected chi connectivity index (χ2v) is 5.42. The van der Waals surface area contributed by atoms with Crippen LogP contribution in [0, 0.1) is 0 Å². The van der Waals surface area contributed by atoms with Gasteiger partial charge < -0.3 is 25.6 Å². The molecular weight excluding hydrogens is 320 g/mol. The lowest BCUT2D eigenvalue weighted by Gasteiger charge is -2.18. The van der Waals surface area contributed by atoms with Gasteiger partial charge in [-0.15, -0.1) is 0 Å². The lowest BCUT2D eigenvalue weighted by atomic mass is 10.1. The van der Waals surface area contributed by atoms with E-state index in [1.807, 2.05) is 0 Å². The number of hydrogen-bond acceptors (Lipinski definition) is 9.